The first kappa shape index (κ1) is 18.0. The molecule has 9 heteroatoms. The minimum Gasteiger partial charge on any atom is -0.320 e. The highest BCUT2D eigenvalue weighted by atomic mass is 32.2. The first-order valence-corrected chi connectivity index (χ1v) is 10.2. The molecule has 0 bridgehead atoms. The van der Waals surface area contributed by atoms with Crippen molar-refractivity contribution in [2.45, 2.75) is 0 Å². The van der Waals surface area contributed by atoms with E-state index in [0.29, 0.717) is 11.3 Å². The van der Waals surface area contributed by atoms with Crippen LogP contribution in [-0.2, 0) is 10.0 Å². The molecule has 0 aliphatic carbocycles. The number of aromatic nitrogens is 1. The van der Waals surface area contributed by atoms with Crippen molar-refractivity contribution >= 4 is 38.6 Å². The Hall–Kier alpha value is -2.78. The van der Waals surface area contributed by atoms with Crippen LogP contribution >= 0.6 is 11.3 Å². The second-order valence-corrected chi connectivity index (χ2v) is 7.94. The minimum atomic E-state index is -3.51. The molecule has 134 valence electrons. The van der Waals surface area contributed by atoms with Crippen molar-refractivity contribution in [3.8, 4) is 11.3 Å². The fraction of sp³-hybridized carbons (Fsp3) is 0.0588. The van der Waals surface area contributed by atoms with E-state index in [1.807, 2.05) is 0 Å². The van der Waals surface area contributed by atoms with E-state index in [0.717, 1.165) is 12.3 Å². The predicted octanol–water partition coefficient (Wildman–Crippen LogP) is 3.57. The zero-order chi connectivity index (χ0) is 18.7. The molecule has 0 aliphatic rings. The van der Waals surface area contributed by atoms with Crippen LogP contribution in [0.5, 0.6) is 0 Å². The molecule has 26 heavy (non-hydrogen) atoms. The van der Waals surface area contributed by atoms with E-state index in [1.54, 1.807) is 29.1 Å². The van der Waals surface area contributed by atoms with Gasteiger partial charge in [-0.25, -0.2) is 17.8 Å². The maximum absolute atomic E-state index is 13.9. The van der Waals surface area contributed by atoms with Gasteiger partial charge in [0.25, 0.3) is 5.91 Å². The quantitative estimate of drug-likeness (QED) is 0.696. The molecular formula is C17H14FN3O3S2. The van der Waals surface area contributed by atoms with Crippen molar-refractivity contribution in [2.75, 3.05) is 16.3 Å². The Labute approximate surface area is 153 Å². The fourth-order valence-electron chi connectivity index (χ4n) is 2.30. The number of amides is 1. The largest absolute Gasteiger partial charge is 0.320 e. The van der Waals surface area contributed by atoms with Crippen molar-refractivity contribution in [1.29, 1.82) is 0 Å². The van der Waals surface area contributed by atoms with Gasteiger partial charge in [-0.1, -0.05) is 12.1 Å². The first-order valence-electron chi connectivity index (χ1n) is 7.39. The molecule has 0 radical (unpaired) electrons. The number of carbonyl (C=O) groups excluding carboxylic acids is 1. The van der Waals surface area contributed by atoms with Gasteiger partial charge in [-0.2, -0.15) is 0 Å². The lowest BCUT2D eigenvalue weighted by Crippen LogP contribution is -2.16. The monoisotopic (exact) mass is 391 g/mol. The molecule has 2 N–H and O–H groups in total. The molecule has 0 atom stereocenters. The third-order valence-electron chi connectivity index (χ3n) is 3.36. The predicted molar refractivity (Wildman–Crippen MR) is 100 cm³/mol. The van der Waals surface area contributed by atoms with E-state index in [2.05, 4.69) is 15.0 Å². The van der Waals surface area contributed by atoms with Crippen molar-refractivity contribution in [2.24, 2.45) is 0 Å². The van der Waals surface area contributed by atoms with Crippen LogP contribution in [0, 0.1) is 5.82 Å². The molecule has 6 nitrogen and oxygen atoms in total. The Balaban J connectivity index is 1.90. The van der Waals surface area contributed by atoms with Crippen molar-refractivity contribution in [1.82, 2.24) is 4.98 Å². The van der Waals surface area contributed by atoms with Gasteiger partial charge >= 0.3 is 0 Å². The van der Waals surface area contributed by atoms with Gasteiger partial charge < -0.3 is 5.32 Å². The zero-order valence-electron chi connectivity index (χ0n) is 13.6. The summed E-state index contributed by atoms with van der Waals surface area (Å²) >= 11 is 1.37. The van der Waals surface area contributed by atoms with E-state index in [1.165, 1.54) is 29.5 Å². The molecular weight excluding hydrogens is 377 g/mol. The summed E-state index contributed by atoms with van der Waals surface area (Å²) in [5.41, 5.74) is 3.26. The summed E-state index contributed by atoms with van der Waals surface area (Å²) in [4.78, 5) is 16.6. The molecule has 0 unspecified atom stereocenters. The van der Waals surface area contributed by atoms with E-state index in [-0.39, 0.29) is 16.9 Å². The average Bonchev–Trinajstić information content (AvgIpc) is 3.09. The zero-order valence-corrected chi connectivity index (χ0v) is 15.2. The van der Waals surface area contributed by atoms with Crippen molar-refractivity contribution in [3.05, 3.63) is 64.7 Å². The molecule has 0 aliphatic heterocycles. The fourth-order valence-corrected chi connectivity index (χ4v) is 3.44. The van der Waals surface area contributed by atoms with Gasteiger partial charge in [0.15, 0.2) is 0 Å². The standard InChI is InChI=1S/C17H14FN3O3S2/c1-26(23,24)21-15-5-3-2-4-14(15)20-17(22)12-6-11(7-13(18)8-12)16-9-25-10-19-16/h2-10,21H,1H3,(H,20,22). The minimum absolute atomic E-state index is 0.0992. The molecule has 1 amide bonds. The summed E-state index contributed by atoms with van der Waals surface area (Å²) < 4.78 is 39.2. The molecule has 1 heterocycles. The lowest BCUT2D eigenvalue weighted by Gasteiger charge is -2.12. The summed E-state index contributed by atoms with van der Waals surface area (Å²) in [6.45, 7) is 0. The molecule has 2 aromatic carbocycles. The number of benzene rings is 2. The Morgan fingerprint density at radius 2 is 1.88 bits per heavy atom. The van der Waals surface area contributed by atoms with E-state index in [4.69, 9.17) is 0 Å². The van der Waals surface area contributed by atoms with Crippen LogP contribution in [0.3, 0.4) is 0 Å². The van der Waals surface area contributed by atoms with Crippen LogP contribution < -0.4 is 10.0 Å². The summed E-state index contributed by atoms with van der Waals surface area (Å²) in [5, 5.41) is 4.35. The first-order chi connectivity index (χ1) is 12.3. The number of thiazole rings is 1. The Bertz CT molecular complexity index is 1050. The molecule has 3 rings (SSSR count). The van der Waals surface area contributed by atoms with Crippen LogP contribution in [-0.4, -0.2) is 25.6 Å². The number of rotatable bonds is 5. The summed E-state index contributed by atoms with van der Waals surface area (Å²) in [6.07, 6.45) is 1.01. The smallest absolute Gasteiger partial charge is 0.255 e. The van der Waals surface area contributed by atoms with Gasteiger partial charge in [0, 0.05) is 16.5 Å². The lowest BCUT2D eigenvalue weighted by molar-refractivity contribution is 0.102. The van der Waals surface area contributed by atoms with E-state index in [9.17, 15) is 17.6 Å². The molecule has 0 fully saturated rings. The third-order valence-corrected chi connectivity index (χ3v) is 4.54. The number of anilines is 2. The summed E-state index contributed by atoms with van der Waals surface area (Å²) in [5.74, 6) is -1.13. The second-order valence-electron chi connectivity index (χ2n) is 5.48. The number of hydrogen-bond acceptors (Lipinski definition) is 5. The summed E-state index contributed by atoms with van der Waals surface area (Å²) in [7, 11) is -3.51. The lowest BCUT2D eigenvalue weighted by atomic mass is 10.1. The topological polar surface area (TPSA) is 88.2 Å². The molecule has 0 saturated carbocycles. The molecule has 1 aromatic heterocycles. The van der Waals surface area contributed by atoms with E-state index < -0.39 is 21.7 Å². The second kappa shape index (κ2) is 7.22. The Morgan fingerprint density at radius 1 is 1.15 bits per heavy atom. The normalized spacial score (nSPS) is 11.2. The number of nitrogens with one attached hydrogen (secondary N) is 2. The molecule has 3 aromatic rings. The van der Waals surface area contributed by atoms with Crippen LogP contribution in [0.25, 0.3) is 11.3 Å². The van der Waals surface area contributed by atoms with Crippen LogP contribution in [0.2, 0.25) is 0 Å². The average molecular weight is 391 g/mol. The number of para-hydroxylation sites is 2. The maximum Gasteiger partial charge on any atom is 0.255 e. The Kier molecular flexibility index (Phi) is 5.01. The molecule has 0 spiro atoms. The third kappa shape index (κ3) is 4.44. The SMILES string of the molecule is CS(=O)(=O)Nc1ccccc1NC(=O)c1cc(F)cc(-c2cscn2)c1. The molecule has 0 saturated heterocycles. The van der Waals surface area contributed by atoms with Crippen molar-refractivity contribution < 1.29 is 17.6 Å². The van der Waals surface area contributed by atoms with Gasteiger partial charge in [0.2, 0.25) is 10.0 Å². The van der Waals surface area contributed by atoms with Crippen LogP contribution in [0.15, 0.2) is 53.4 Å². The number of hydrogen-bond donors (Lipinski definition) is 2. The van der Waals surface area contributed by atoms with Gasteiger partial charge in [0.1, 0.15) is 5.82 Å². The number of sulfonamides is 1. The van der Waals surface area contributed by atoms with Crippen LogP contribution in [0.4, 0.5) is 15.8 Å². The van der Waals surface area contributed by atoms with Gasteiger partial charge in [-0.05, 0) is 30.3 Å². The highest BCUT2D eigenvalue weighted by Crippen LogP contribution is 2.25. The Morgan fingerprint density at radius 3 is 2.54 bits per heavy atom. The van der Waals surface area contributed by atoms with Gasteiger partial charge in [0.05, 0.1) is 28.8 Å². The van der Waals surface area contributed by atoms with Crippen LogP contribution in [0.1, 0.15) is 10.4 Å². The highest BCUT2D eigenvalue weighted by Gasteiger charge is 2.14. The number of halogens is 1. The number of nitrogens with zero attached hydrogens (tertiary/aromatic N) is 1. The number of carbonyl (C=O) groups is 1. The highest BCUT2D eigenvalue weighted by molar-refractivity contribution is 7.92. The van der Waals surface area contributed by atoms with E-state index >= 15 is 0 Å². The summed E-state index contributed by atoms with van der Waals surface area (Å²) in [6, 6.07) is 10.3. The maximum atomic E-state index is 13.9. The van der Waals surface area contributed by atoms with Gasteiger partial charge in [-0.15, -0.1) is 11.3 Å². The van der Waals surface area contributed by atoms with Gasteiger partial charge in [-0.3, -0.25) is 9.52 Å². The van der Waals surface area contributed by atoms with Crippen molar-refractivity contribution in [3.63, 3.8) is 0 Å².